The van der Waals surface area contributed by atoms with Gasteiger partial charge in [-0.25, -0.2) is 15.0 Å². The maximum absolute atomic E-state index is 4.99. The van der Waals surface area contributed by atoms with Crippen LogP contribution in [0.5, 0.6) is 0 Å². The number of hydrogen-bond donors (Lipinski definition) is 0. The Bertz CT molecular complexity index is 2790. The zero-order chi connectivity index (χ0) is 38.3. The maximum Gasteiger partial charge on any atom is 0.164 e. The summed E-state index contributed by atoms with van der Waals surface area (Å²) in [5.74, 6) is 1.95. The molecule has 0 spiro atoms. The Hall–Kier alpha value is -7.23. The second-order valence-corrected chi connectivity index (χ2v) is 15.0. The molecular weight excluding hydrogens is 691 g/mol. The van der Waals surface area contributed by atoms with Gasteiger partial charge >= 0.3 is 0 Å². The second kappa shape index (κ2) is 14.1. The molecule has 0 radical (unpaired) electrons. The Labute approximate surface area is 334 Å². The van der Waals surface area contributed by atoms with Gasteiger partial charge < -0.3 is 0 Å². The highest BCUT2D eigenvalue weighted by Crippen LogP contribution is 2.56. The van der Waals surface area contributed by atoms with Crippen LogP contribution in [-0.4, -0.2) is 15.0 Å². The fraction of sp³-hybridized carbons (Fsp3) is 0.0556. The van der Waals surface area contributed by atoms with E-state index in [0.717, 1.165) is 27.8 Å². The lowest BCUT2D eigenvalue weighted by Gasteiger charge is -2.34. The molecule has 57 heavy (non-hydrogen) atoms. The van der Waals surface area contributed by atoms with E-state index < -0.39 is 5.41 Å². The van der Waals surface area contributed by atoms with Crippen LogP contribution in [-0.2, 0) is 5.41 Å². The van der Waals surface area contributed by atoms with Crippen molar-refractivity contribution in [2.75, 3.05) is 0 Å². The molecule has 3 heteroatoms. The summed E-state index contributed by atoms with van der Waals surface area (Å²) < 4.78 is 0. The van der Waals surface area contributed by atoms with E-state index in [2.05, 4.69) is 153 Å². The van der Waals surface area contributed by atoms with E-state index >= 15 is 0 Å². The minimum absolute atomic E-state index is 0.427. The van der Waals surface area contributed by atoms with E-state index in [1.54, 1.807) is 0 Å². The summed E-state index contributed by atoms with van der Waals surface area (Å²) in [6, 6.07) is 71.9. The molecule has 0 N–H and O–H groups in total. The van der Waals surface area contributed by atoms with Crippen LogP contribution in [0, 0.1) is 13.8 Å². The third-order valence-electron chi connectivity index (χ3n) is 11.4. The van der Waals surface area contributed by atoms with Gasteiger partial charge in [-0.1, -0.05) is 193 Å². The van der Waals surface area contributed by atoms with Gasteiger partial charge in [0.15, 0.2) is 17.5 Å². The SMILES string of the molecule is Cc1ccc(C2(c3ccc(C)cc3)c3ccccc3-c3cc(-c4cccc(-c5cccc(-c6nc(-c7ccccc7)nc(-c7ccccc7)n6)c5)c4)ccc32)cc1. The molecule has 0 atom stereocenters. The van der Waals surface area contributed by atoms with Gasteiger partial charge in [0.1, 0.15) is 0 Å². The predicted octanol–water partition coefficient (Wildman–Crippen LogP) is 13.2. The van der Waals surface area contributed by atoms with Crippen molar-refractivity contribution < 1.29 is 0 Å². The molecule has 8 aromatic carbocycles. The number of rotatable bonds is 7. The Kier molecular flexibility index (Phi) is 8.49. The first-order valence-corrected chi connectivity index (χ1v) is 19.5. The molecule has 1 heterocycles. The summed E-state index contributed by atoms with van der Waals surface area (Å²) in [5, 5.41) is 0. The van der Waals surface area contributed by atoms with Crippen molar-refractivity contribution in [2.45, 2.75) is 19.3 Å². The molecule has 1 aromatic heterocycles. The van der Waals surface area contributed by atoms with Crippen LogP contribution in [0.1, 0.15) is 33.4 Å². The summed E-state index contributed by atoms with van der Waals surface area (Å²) in [5.41, 5.74) is 17.2. The first-order chi connectivity index (χ1) is 28.0. The zero-order valence-corrected chi connectivity index (χ0v) is 31.9. The highest BCUT2D eigenvalue weighted by Gasteiger charge is 2.46. The number of hydrogen-bond acceptors (Lipinski definition) is 3. The topological polar surface area (TPSA) is 38.7 Å². The fourth-order valence-electron chi connectivity index (χ4n) is 8.51. The summed E-state index contributed by atoms with van der Waals surface area (Å²) in [6.07, 6.45) is 0. The molecule has 0 bridgehead atoms. The molecule has 9 aromatic rings. The van der Waals surface area contributed by atoms with Crippen molar-refractivity contribution in [1.82, 2.24) is 15.0 Å². The lowest BCUT2D eigenvalue weighted by Crippen LogP contribution is -2.28. The van der Waals surface area contributed by atoms with Crippen molar-refractivity contribution in [3.8, 4) is 67.5 Å². The quantitative estimate of drug-likeness (QED) is 0.164. The molecule has 0 amide bonds. The monoisotopic (exact) mass is 729 g/mol. The van der Waals surface area contributed by atoms with E-state index in [4.69, 9.17) is 15.0 Å². The standard InChI is InChI=1S/C54H39N3/c1-36-23-28-45(29-24-36)54(46-30-25-37(2)26-31-46)49-22-10-9-21-47(49)48-35-43(27-32-50(48)54)41-18-11-17-40(33-41)42-19-12-20-44(34-42)53-56-51(38-13-5-3-6-14-38)55-52(57-53)39-15-7-4-8-16-39/h3-35H,1-2H3. The number of aromatic nitrogens is 3. The largest absolute Gasteiger partial charge is 0.208 e. The highest BCUT2D eigenvalue weighted by molar-refractivity contribution is 5.89. The first-order valence-electron chi connectivity index (χ1n) is 19.5. The van der Waals surface area contributed by atoms with Gasteiger partial charge in [0.25, 0.3) is 0 Å². The summed E-state index contributed by atoms with van der Waals surface area (Å²) in [6.45, 7) is 4.32. The van der Waals surface area contributed by atoms with Crippen molar-refractivity contribution in [2.24, 2.45) is 0 Å². The molecule has 0 aliphatic heterocycles. The molecule has 0 saturated carbocycles. The Morgan fingerprint density at radius 2 is 0.702 bits per heavy atom. The van der Waals surface area contributed by atoms with Gasteiger partial charge in [-0.15, -0.1) is 0 Å². The van der Waals surface area contributed by atoms with Crippen molar-refractivity contribution in [3.63, 3.8) is 0 Å². The van der Waals surface area contributed by atoms with E-state index in [9.17, 15) is 0 Å². The van der Waals surface area contributed by atoms with Gasteiger partial charge in [0.05, 0.1) is 5.41 Å². The molecule has 10 rings (SSSR count). The third-order valence-corrected chi connectivity index (χ3v) is 11.4. The average molecular weight is 730 g/mol. The average Bonchev–Trinajstić information content (AvgIpc) is 3.58. The molecular formula is C54H39N3. The van der Waals surface area contributed by atoms with Crippen LogP contribution in [0.3, 0.4) is 0 Å². The Morgan fingerprint density at radius 1 is 0.298 bits per heavy atom. The smallest absolute Gasteiger partial charge is 0.164 e. The van der Waals surface area contributed by atoms with Crippen LogP contribution in [0.25, 0.3) is 67.5 Å². The lowest BCUT2D eigenvalue weighted by atomic mass is 9.67. The number of benzene rings is 8. The summed E-state index contributed by atoms with van der Waals surface area (Å²) in [4.78, 5) is 14.9. The lowest BCUT2D eigenvalue weighted by molar-refractivity contribution is 0.767. The second-order valence-electron chi connectivity index (χ2n) is 15.0. The Morgan fingerprint density at radius 3 is 1.25 bits per heavy atom. The minimum Gasteiger partial charge on any atom is -0.208 e. The van der Waals surface area contributed by atoms with Gasteiger partial charge in [-0.05, 0) is 87.7 Å². The van der Waals surface area contributed by atoms with Crippen molar-refractivity contribution in [1.29, 1.82) is 0 Å². The van der Waals surface area contributed by atoms with E-state index in [1.807, 2.05) is 60.7 Å². The molecule has 0 unspecified atom stereocenters. The molecule has 0 fully saturated rings. The van der Waals surface area contributed by atoms with Crippen molar-refractivity contribution in [3.05, 3.63) is 234 Å². The van der Waals surface area contributed by atoms with Gasteiger partial charge in [-0.3, -0.25) is 0 Å². The van der Waals surface area contributed by atoms with Crippen molar-refractivity contribution >= 4 is 0 Å². The molecule has 0 saturated heterocycles. The minimum atomic E-state index is -0.427. The molecule has 1 aliphatic carbocycles. The van der Waals surface area contributed by atoms with E-state index in [0.29, 0.717) is 17.5 Å². The normalized spacial score (nSPS) is 12.5. The van der Waals surface area contributed by atoms with Crippen LogP contribution in [0.4, 0.5) is 0 Å². The Balaban J connectivity index is 1.07. The number of nitrogens with zero attached hydrogens (tertiary/aromatic N) is 3. The summed E-state index contributed by atoms with van der Waals surface area (Å²) in [7, 11) is 0. The van der Waals surface area contributed by atoms with Crippen LogP contribution < -0.4 is 0 Å². The maximum atomic E-state index is 4.99. The van der Waals surface area contributed by atoms with E-state index in [-0.39, 0.29) is 0 Å². The number of fused-ring (bicyclic) bond motifs is 3. The molecule has 1 aliphatic rings. The zero-order valence-electron chi connectivity index (χ0n) is 31.9. The van der Waals surface area contributed by atoms with Gasteiger partial charge in [0, 0.05) is 16.7 Å². The summed E-state index contributed by atoms with van der Waals surface area (Å²) >= 11 is 0. The molecule has 270 valence electrons. The first kappa shape index (κ1) is 34.3. The van der Waals surface area contributed by atoms with Crippen LogP contribution in [0.15, 0.2) is 200 Å². The predicted molar refractivity (Wildman–Crippen MR) is 234 cm³/mol. The highest BCUT2D eigenvalue weighted by atomic mass is 15.0. The van der Waals surface area contributed by atoms with Crippen LogP contribution >= 0.6 is 0 Å². The van der Waals surface area contributed by atoms with Gasteiger partial charge in [-0.2, -0.15) is 0 Å². The fourth-order valence-corrected chi connectivity index (χ4v) is 8.51. The van der Waals surface area contributed by atoms with Crippen LogP contribution in [0.2, 0.25) is 0 Å². The number of aryl methyl sites for hydroxylation is 2. The van der Waals surface area contributed by atoms with E-state index in [1.165, 1.54) is 55.6 Å². The van der Waals surface area contributed by atoms with Gasteiger partial charge in [0.2, 0.25) is 0 Å². The molecule has 3 nitrogen and oxygen atoms in total. The third kappa shape index (κ3) is 6.05.